The van der Waals surface area contributed by atoms with Gasteiger partial charge in [0.1, 0.15) is 16.9 Å². The molecule has 0 spiro atoms. The van der Waals surface area contributed by atoms with E-state index in [9.17, 15) is 9.59 Å². The van der Waals surface area contributed by atoms with Crippen LogP contribution in [0.5, 0.6) is 5.75 Å². The van der Waals surface area contributed by atoms with Crippen molar-refractivity contribution in [2.45, 2.75) is 25.8 Å². The third-order valence-corrected chi connectivity index (χ3v) is 4.27. The Balaban J connectivity index is 1.72. The van der Waals surface area contributed by atoms with Crippen LogP contribution in [-0.2, 0) is 6.42 Å². The summed E-state index contributed by atoms with van der Waals surface area (Å²) in [5, 5.41) is 3.51. The summed E-state index contributed by atoms with van der Waals surface area (Å²) >= 11 is 0. The van der Waals surface area contributed by atoms with Crippen molar-refractivity contribution < 1.29 is 13.9 Å². The number of hydrogen-bond acceptors (Lipinski definition) is 4. The maximum atomic E-state index is 12.5. The number of hydrogen-bond donors (Lipinski definition) is 1. The lowest BCUT2D eigenvalue weighted by Gasteiger charge is -2.13. The number of methoxy groups -OCH3 is 1. The average molecular weight is 351 g/mol. The molecule has 1 amide bonds. The minimum absolute atomic E-state index is 0.00249. The fourth-order valence-corrected chi connectivity index (χ4v) is 2.79. The topological polar surface area (TPSA) is 68.5 Å². The lowest BCUT2D eigenvalue weighted by atomic mass is 10.1. The molecule has 2 aromatic carbocycles. The molecule has 5 heteroatoms. The lowest BCUT2D eigenvalue weighted by Crippen LogP contribution is -2.35. The second kappa shape index (κ2) is 7.87. The molecule has 0 aliphatic heterocycles. The van der Waals surface area contributed by atoms with Gasteiger partial charge < -0.3 is 14.5 Å². The van der Waals surface area contributed by atoms with E-state index in [4.69, 9.17) is 9.15 Å². The summed E-state index contributed by atoms with van der Waals surface area (Å²) in [5.74, 6) is 0.206. The smallest absolute Gasteiger partial charge is 0.349 e. The van der Waals surface area contributed by atoms with E-state index < -0.39 is 11.5 Å². The van der Waals surface area contributed by atoms with Crippen LogP contribution in [-0.4, -0.2) is 19.1 Å². The van der Waals surface area contributed by atoms with Gasteiger partial charge in [0.05, 0.1) is 7.11 Å². The molecule has 1 heterocycles. The molecule has 1 N–H and O–H groups in total. The zero-order valence-corrected chi connectivity index (χ0v) is 14.8. The number of nitrogens with one attached hydrogen (secondary N) is 1. The van der Waals surface area contributed by atoms with Gasteiger partial charge in [-0.05, 0) is 49.6 Å². The summed E-state index contributed by atoms with van der Waals surface area (Å²) in [7, 11) is 1.56. The summed E-state index contributed by atoms with van der Waals surface area (Å²) in [6.07, 6.45) is 1.63. The maximum absolute atomic E-state index is 12.5. The normalized spacial score (nSPS) is 11.9. The first-order chi connectivity index (χ1) is 12.6. The van der Waals surface area contributed by atoms with Gasteiger partial charge in [-0.25, -0.2) is 4.79 Å². The first-order valence-electron chi connectivity index (χ1n) is 8.53. The van der Waals surface area contributed by atoms with Crippen molar-refractivity contribution in [1.82, 2.24) is 5.32 Å². The van der Waals surface area contributed by atoms with E-state index in [0.29, 0.717) is 16.7 Å². The molecule has 3 aromatic rings. The molecule has 0 bridgehead atoms. The van der Waals surface area contributed by atoms with E-state index in [1.165, 1.54) is 5.56 Å². The van der Waals surface area contributed by atoms with Gasteiger partial charge in [-0.15, -0.1) is 0 Å². The molecule has 0 aliphatic carbocycles. The Morgan fingerprint density at radius 3 is 2.65 bits per heavy atom. The minimum Gasteiger partial charge on any atom is -0.497 e. The van der Waals surface area contributed by atoms with E-state index >= 15 is 0 Å². The van der Waals surface area contributed by atoms with Crippen molar-refractivity contribution >= 4 is 16.9 Å². The third-order valence-electron chi connectivity index (χ3n) is 4.27. The molecule has 0 aliphatic rings. The second-order valence-electron chi connectivity index (χ2n) is 6.25. The molecule has 0 radical (unpaired) electrons. The Hall–Kier alpha value is -3.08. The SMILES string of the molecule is COc1ccc2oc(=O)c(C(=O)NC(C)CCc3ccccc3)cc2c1. The molecular weight excluding hydrogens is 330 g/mol. The first kappa shape index (κ1) is 17.7. The number of amides is 1. The van der Waals surface area contributed by atoms with Gasteiger partial charge in [0.2, 0.25) is 0 Å². The molecule has 0 saturated heterocycles. The van der Waals surface area contributed by atoms with Gasteiger partial charge in [0.25, 0.3) is 5.91 Å². The standard InChI is InChI=1S/C21H21NO4/c1-14(8-9-15-6-4-3-5-7-15)22-20(23)18-13-16-12-17(25-2)10-11-19(16)26-21(18)24/h3-7,10-14H,8-9H2,1-2H3,(H,22,23). The molecule has 0 saturated carbocycles. The average Bonchev–Trinajstić information content (AvgIpc) is 2.66. The van der Waals surface area contributed by atoms with Gasteiger partial charge in [0, 0.05) is 11.4 Å². The molecule has 0 fully saturated rings. The summed E-state index contributed by atoms with van der Waals surface area (Å²) in [4.78, 5) is 24.6. The zero-order chi connectivity index (χ0) is 18.5. The summed E-state index contributed by atoms with van der Waals surface area (Å²) in [6.45, 7) is 1.92. The number of benzene rings is 2. The molecule has 26 heavy (non-hydrogen) atoms. The quantitative estimate of drug-likeness (QED) is 0.690. The summed E-state index contributed by atoms with van der Waals surface area (Å²) in [6, 6.07) is 16.6. The Morgan fingerprint density at radius 1 is 1.15 bits per heavy atom. The van der Waals surface area contributed by atoms with Gasteiger partial charge in [0.15, 0.2) is 0 Å². The first-order valence-corrected chi connectivity index (χ1v) is 8.53. The Bertz CT molecular complexity index is 963. The van der Waals surface area contributed by atoms with Gasteiger partial charge in [-0.2, -0.15) is 0 Å². The number of aryl methyl sites for hydroxylation is 1. The highest BCUT2D eigenvalue weighted by Crippen LogP contribution is 2.20. The Morgan fingerprint density at radius 2 is 1.92 bits per heavy atom. The van der Waals surface area contributed by atoms with Crippen molar-refractivity contribution in [2.24, 2.45) is 0 Å². The summed E-state index contributed by atoms with van der Waals surface area (Å²) in [5.41, 5.74) is 0.989. The van der Waals surface area contributed by atoms with E-state index in [2.05, 4.69) is 17.4 Å². The monoisotopic (exact) mass is 351 g/mol. The molecule has 1 unspecified atom stereocenters. The van der Waals surface area contributed by atoms with E-state index in [0.717, 1.165) is 12.8 Å². The van der Waals surface area contributed by atoms with Crippen LogP contribution in [0.4, 0.5) is 0 Å². The molecule has 1 aromatic heterocycles. The lowest BCUT2D eigenvalue weighted by molar-refractivity contribution is 0.0935. The van der Waals surface area contributed by atoms with Crippen LogP contribution in [0.15, 0.2) is 63.8 Å². The van der Waals surface area contributed by atoms with Crippen molar-refractivity contribution in [3.8, 4) is 5.75 Å². The van der Waals surface area contributed by atoms with Crippen LogP contribution in [0.1, 0.15) is 29.3 Å². The maximum Gasteiger partial charge on any atom is 0.349 e. The number of ether oxygens (including phenoxy) is 1. The van der Waals surface area contributed by atoms with Crippen molar-refractivity contribution in [3.05, 3.63) is 76.1 Å². The van der Waals surface area contributed by atoms with Crippen molar-refractivity contribution in [1.29, 1.82) is 0 Å². The number of rotatable bonds is 6. The fraction of sp³-hybridized carbons (Fsp3) is 0.238. The van der Waals surface area contributed by atoms with Crippen LogP contribution in [0.2, 0.25) is 0 Å². The highest BCUT2D eigenvalue weighted by molar-refractivity contribution is 5.96. The molecule has 134 valence electrons. The van der Waals surface area contributed by atoms with Gasteiger partial charge >= 0.3 is 5.63 Å². The minimum atomic E-state index is -0.643. The van der Waals surface area contributed by atoms with Crippen LogP contribution < -0.4 is 15.7 Å². The molecule has 1 atom stereocenters. The number of carbonyl (C=O) groups excluding carboxylic acids is 1. The number of carbonyl (C=O) groups is 1. The largest absolute Gasteiger partial charge is 0.497 e. The van der Waals surface area contributed by atoms with E-state index in [-0.39, 0.29) is 11.6 Å². The summed E-state index contributed by atoms with van der Waals surface area (Å²) < 4.78 is 10.4. The van der Waals surface area contributed by atoms with Crippen LogP contribution >= 0.6 is 0 Å². The van der Waals surface area contributed by atoms with Crippen LogP contribution in [0.25, 0.3) is 11.0 Å². The van der Waals surface area contributed by atoms with E-state index in [1.54, 1.807) is 31.4 Å². The van der Waals surface area contributed by atoms with E-state index in [1.807, 2.05) is 25.1 Å². The molecular formula is C21H21NO4. The van der Waals surface area contributed by atoms with Gasteiger partial charge in [-0.3, -0.25) is 4.79 Å². The molecule has 5 nitrogen and oxygen atoms in total. The second-order valence-corrected chi connectivity index (χ2v) is 6.25. The van der Waals surface area contributed by atoms with Crippen LogP contribution in [0.3, 0.4) is 0 Å². The highest BCUT2D eigenvalue weighted by Gasteiger charge is 2.16. The molecule has 3 rings (SSSR count). The number of fused-ring (bicyclic) bond motifs is 1. The Kier molecular flexibility index (Phi) is 5.37. The zero-order valence-electron chi connectivity index (χ0n) is 14.8. The van der Waals surface area contributed by atoms with Crippen molar-refractivity contribution in [2.75, 3.05) is 7.11 Å². The van der Waals surface area contributed by atoms with Gasteiger partial charge in [-0.1, -0.05) is 30.3 Å². The Labute approximate surface area is 151 Å². The highest BCUT2D eigenvalue weighted by atomic mass is 16.5. The van der Waals surface area contributed by atoms with Crippen LogP contribution in [0, 0.1) is 0 Å². The predicted octanol–water partition coefficient (Wildman–Crippen LogP) is 3.55. The van der Waals surface area contributed by atoms with Crippen molar-refractivity contribution in [3.63, 3.8) is 0 Å². The predicted molar refractivity (Wildman–Crippen MR) is 101 cm³/mol. The third kappa shape index (κ3) is 4.11. The fourth-order valence-electron chi connectivity index (χ4n) is 2.79.